The first-order chi connectivity index (χ1) is 7.93. The topological polar surface area (TPSA) is 49.3 Å². The summed E-state index contributed by atoms with van der Waals surface area (Å²) in [5.74, 6) is 0.840. The lowest BCUT2D eigenvalue weighted by atomic mass is 10.0. The van der Waals surface area contributed by atoms with Gasteiger partial charge in [-0.05, 0) is 38.0 Å². The van der Waals surface area contributed by atoms with Crippen LogP contribution in [-0.2, 0) is 4.79 Å². The Balaban J connectivity index is 3.36. The molecule has 0 heterocycles. The summed E-state index contributed by atoms with van der Waals surface area (Å²) in [7, 11) is 0. The fraction of sp³-hybridized carbons (Fsp3) is 0.929. The molecule has 1 atom stereocenters. The minimum absolute atomic E-state index is 0.0617. The van der Waals surface area contributed by atoms with Gasteiger partial charge in [-0.15, -0.1) is 0 Å². The molecule has 0 rings (SSSR count). The van der Waals surface area contributed by atoms with Crippen molar-refractivity contribution in [1.82, 2.24) is 5.32 Å². The molecule has 0 aliphatic rings. The molecule has 0 aromatic rings. The average molecular weight is 243 g/mol. The van der Waals surface area contributed by atoms with E-state index in [1.54, 1.807) is 0 Å². The molecule has 0 saturated heterocycles. The van der Waals surface area contributed by atoms with E-state index in [4.69, 9.17) is 0 Å². The molecule has 0 saturated carbocycles. The number of hydrogen-bond acceptors (Lipinski definition) is 2. The first kappa shape index (κ1) is 16.4. The molecule has 1 amide bonds. The molecule has 0 aliphatic heterocycles. The molecule has 2 N–H and O–H groups in total. The lowest BCUT2D eigenvalue weighted by Crippen LogP contribution is -2.28. The van der Waals surface area contributed by atoms with E-state index < -0.39 is 0 Å². The van der Waals surface area contributed by atoms with Gasteiger partial charge in [0.1, 0.15) is 0 Å². The Morgan fingerprint density at radius 1 is 1.06 bits per heavy atom. The van der Waals surface area contributed by atoms with Gasteiger partial charge in [0.15, 0.2) is 0 Å². The molecule has 102 valence electrons. The minimum Gasteiger partial charge on any atom is -0.393 e. The van der Waals surface area contributed by atoms with Crippen LogP contribution in [0.4, 0.5) is 0 Å². The minimum atomic E-state index is -0.168. The SMILES string of the molecule is CC(C)CCC(O)CCCCNC(=O)C(C)C. The molecule has 0 fully saturated rings. The van der Waals surface area contributed by atoms with Crippen molar-refractivity contribution in [2.75, 3.05) is 6.54 Å². The second kappa shape index (κ2) is 9.46. The molecular formula is C14H29NO2. The Kier molecular flexibility index (Phi) is 9.14. The lowest BCUT2D eigenvalue weighted by Gasteiger charge is -2.12. The largest absolute Gasteiger partial charge is 0.393 e. The third-order valence-electron chi connectivity index (χ3n) is 2.86. The van der Waals surface area contributed by atoms with E-state index in [0.717, 1.165) is 38.6 Å². The number of nitrogens with one attached hydrogen (secondary N) is 1. The summed E-state index contributed by atoms with van der Waals surface area (Å²) < 4.78 is 0. The summed E-state index contributed by atoms with van der Waals surface area (Å²) in [6, 6.07) is 0. The van der Waals surface area contributed by atoms with Crippen LogP contribution in [0.2, 0.25) is 0 Å². The van der Waals surface area contributed by atoms with Crippen molar-refractivity contribution in [3.8, 4) is 0 Å². The van der Waals surface area contributed by atoms with Crippen LogP contribution in [-0.4, -0.2) is 23.7 Å². The zero-order valence-corrected chi connectivity index (χ0v) is 11.8. The van der Waals surface area contributed by atoms with Crippen molar-refractivity contribution in [3.05, 3.63) is 0 Å². The monoisotopic (exact) mass is 243 g/mol. The van der Waals surface area contributed by atoms with Crippen LogP contribution in [0.1, 0.15) is 59.8 Å². The maximum Gasteiger partial charge on any atom is 0.222 e. The second-order valence-electron chi connectivity index (χ2n) is 5.57. The number of carbonyl (C=O) groups is 1. The smallest absolute Gasteiger partial charge is 0.222 e. The number of unbranched alkanes of at least 4 members (excludes halogenated alkanes) is 1. The van der Waals surface area contributed by atoms with Gasteiger partial charge in [0, 0.05) is 12.5 Å². The maximum absolute atomic E-state index is 11.3. The molecule has 0 bridgehead atoms. The highest BCUT2D eigenvalue weighted by Crippen LogP contribution is 2.11. The van der Waals surface area contributed by atoms with Gasteiger partial charge in [-0.2, -0.15) is 0 Å². The summed E-state index contributed by atoms with van der Waals surface area (Å²) in [4.78, 5) is 11.3. The van der Waals surface area contributed by atoms with E-state index >= 15 is 0 Å². The number of aliphatic hydroxyl groups is 1. The van der Waals surface area contributed by atoms with Crippen molar-refractivity contribution in [2.45, 2.75) is 65.9 Å². The van der Waals surface area contributed by atoms with Gasteiger partial charge in [0.25, 0.3) is 0 Å². The van der Waals surface area contributed by atoms with E-state index in [1.807, 2.05) is 13.8 Å². The first-order valence-electron chi connectivity index (χ1n) is 6.89. The standard InChI is InChI=1S/C14H29NO2/c1-11(2)8-9-13(16)7-5-6-10-15-14(17)12(3)4/h11-13,16H,5-10H2,1-4H3,(H,15,17). The molecule has 0 aromatic carbocycles. The van der Waals surface area contributed by atoms with Crippen LogP contribution in [0, 0.1) is 11.8 Å². The molecule has 1 unspecified atom stereocenters. The van der Waals surface area contributed by atoms with Crippen LogP contribution >= 0.6 is 0 Å². The van der Waals surface area contributed by atoms with Crippen LogP contribution in [0.15, 0.2) is 0 Å². The number of aliphatic hydroxyl groups excluding tert-OH is 1. The van der Waals surface area contributed by atoms with E-state index in [2.05, 4.69) is 19.2 Å². The Labute approximate surface area is 106 Å². The summed E-state index contributed by atoms with van der Waals surface area (Å²) in [6.07, 6.45) is 4.61. The molecule has 0 aromatic heterocycles. The molecule has 17 heavy (non-hydrogen) atoms. The first-order valence-corrected chi connectivity index (χ1v) is 6.89. The Hall–Kier alpha value is -0.570. The normalized spacial score (nSPS) is 13.1. The van der Waals surface area contributed by atoms with Crippen molar-refractivity contribution in [2.24, 2.45) is 11.8 Å². The predicted molar refractivity (Wildman–Crippen MR) is 71.8 cm³/mol. The predicted octanol–water partition coefficient (Wildman–Crippen LogP) is 2.73. The van der Waals surface area contributed by atoms with E-state index in [9.17, 15) is 9.90 Å². The van der Waals surface area contributed by atoms with Gasteiger partial charge in [0.2, 0.25) is 5.91 Å². The van der Waals surface area contributed by atoms with Gasteiger partial charge in [-0.3, -0.25) is 4.79 Å². The Morgan fingerprint density at radius 3 is 2.24 bits per heavy atom. The summed E-state index contributed by atoms with van der Waals surface area (Å²) >= 11 is 0. The van der Waals surface area contributed by atoms with Gasteiger partial charge in [-0.1, -0.05) is 27.7 Å². The molecule has 0 spiro atoms. The summed E-state index contributed by atoms with van der Waals surface area (Å²) in [5, 5.41) is 12.6. The fourth-order valence-electron chi connectivity index (χ4n) is 1.59. The van der Waals surface area contributed by atoms with E-state index in [-0.39, 0.29) is 17.9 Å². The van der Waals surface area contributed by atoms with Gasteiger partial charge < -0.3 is 10.4 Å². The van der Waals surface area contributed by atoms with Crippen molar-refractivity contribution >= 4 is 5.91 Å². The van der Waals surface area contributed by atoms with Crippen LogP contribution < -0.4 is 5.32 Å². The van der Waals surface area contributed by atoms with Crippen LogP contribution in [0.3, 0.4) is 0 Å². The van der Waals surface area contributed by atoms with Crippen LogP contribution in [0.5, 0.6) is 0 Å². The van der Waals surface area contributed by atoms with Crippen molar-refractivity contribution in [3.63, 3.8) is 0 Å². The van der Waals surface area contributed by atoms with Crippen LogP contribution in [0.25, 0.3) is 0 Å². The van der Waals surface area contributed by atoms with E-state index in [0.29, 0.717) is 5.92 Å². The highest BCUT2D eigenvalue weighted by atomic mass is 16.3. The highest BCUT2D eigenvalue weighted by Gasteiger charge is 2.07. The van der Waals surface area contributed by atoms with Gasteiger partial charge >= 0.3 is 0 Å². The molecule has 3 nitrogen and oxygen atoms in total. The number of carbonyl (C=O) groups excluding carboxylic acids is 1. The zero-order chi connectivity index (χ0) is 13.3. The number of amides is 1. The van der Waals surface area contributed by atoms with E-state index in [1.165, 1.54) is 0 Å². The molecule has 0 radical (unpaired) electrons. The Morgan fingerprint density at radius 2 is 1.71 bits per heavy atom. The molecule has 0 aliphatic carbocycles. The quantitative estimate of drug-likeness (QED) is 0.612. The van der Waals surface area contributed by atoms with Gasteiger partial charge in [-0.25, -0.2) is 0 Å². The van der Waals surface area contributed by atoms with Gasteiger partial charge in [0.05, 0.1) is 6.10 Å². The Bertz CT molecular complexity index is 202. The molecule has 3 heteroatoms. The highest BCUT2D eigenvalue weighted by molar-refractivity contribution is 5.77. The third kappa shape index (κ3) is 10.3. The van der Waals surface area contributed by atoms with Crippen molar-refractivity contribution in [1.29, 1.82) is 0 Å². The average Bonchev–Trinajstić information content (AvgIpc) is 2.25. The molecular weight excluding hydrogens is 214 g/mol. The summed E-state index contributed by atoms with van der Waals surface area (Å²) in [5.41, 5.74) is 0. The maximum atomic E-state index is 11.3. The number of rotatable bonds is 9. The lowest BCUT2D eigenvalue weighted by molar-refractivity contribution is -0.123. The zero-order valence-electron chi connectivity index (χ0n) is 11.8. The van der Waals surface area contributed by atoms with Crippen molar-refractivity contribution < 1.29 is 9.90 Å². The summed E-state index contributed by atoms with van der Waals surface area (Å²) in [6.45, 7) is 8.87. The number of hydrogen-bond donors (Lipinski definition) is 2. The fourth-order valence-corrected chi connectivity index (χ4v) is 1.59. The second-order valence-corrected chi connectivity index (χ2v) is 5.57. The third-order valence-corrected chi connectivity index (χ3v) is 2.86.